The van der Waals surface area contributed by atoms with Gasteiger partial charge in [0.05, 0.1) is 16.1 Å². The first-order valence-corrected chi connectivity index (χ1v) is 6.14. The molecule has 0 saturated carbocycles. The summed E-state index contributed by atoms with van der Waals surface area (Å²) in [5.41, 5.74) is -6.47. The molecule has 13 heteroatoms. The van der Waals surface area contributed by atoms with E-state index in [1.54, 1.807) is 0 Å². The molecule has 1 aromatic heterocycles. The molecule has 0 aliphatic rings. The Hall–Kier alpha value is -3.12. The molecule has 0 unspecified atom stereocenters. The second-order valence-electron chi connectivity index (χ2n) is 4.66. The number of rotatable bonds is 2. The quantitative estimate of drug-likeness (QED) is 0.380. The van der Waals surface area contributed by atoms with Gasteiger partial charge in [-0.25, -0.2) is 9.66 Å². The highest BCUT2D eigenvalue weighted by atomic mass is 19.4. The minimum Gasteiger partial charge on any atom is -0.334 e. The molecule has 0 saturated heterocycles. The Morgan fingerprint density at radius 2 is 1.68 bits per heavy atom. The maximum absolute atomic E-state index is 12.7. The zero-order valence-electron chi connectivity index (χ0n) is 11.7. The smallest absolute Gasteiger partial charge is 0.334 e. The molecule has 0 atom stereocenters. The highest BCUT2D eigenvalue weighted by Gasteiger charge is 2.36. The molecule has 0 fully saturated rings. The number of alkyl halides is 6. The van der Waals surface area contributed by atoms with Crippen molar-refractivity contribution < 1.29 is 31.3 Å². The summed E-state index contributed by atoms with van der Waals surface area (Å²) in [6.45, 7) is 0. The second kappa shape index (κ2) is 5.75. The van der Waals surface area contributed by atoms with Crippen LogP contribution in [-0.2, 0) is 12.4 Å². The number of nitrogens with zero attached hydrogens (tertiary/aromatic N) is 3. The first kappa shape index (κ1) is 18.2. The summed E-state index contributed by atoms with van der Waals surface area (Å²) in [4.78, 5) is 24.3. The molecule has 0 aliphatic carbocycles. The number of benzene rings is 1. The summed E-state index contributed by atoms with van der Waals surface area (Å²) in [6.07, 6.45) is -9.99. The van der Waals surface area contributed by atoms with Crippen LogP contribution >= 0.6 is 0 Å². The first-order valence-electron chi connectivity index (χ1n) is 6.14. The van der Waals surface area contributed by atoms with Crippen molar-refractivity contribution in [3.8, 4) is 11.4 Å². The number of hydrogen-bond acceptors (Lipinski definition) is 5. The van der Waals surface area contributed by atoms with Crippen molar-refractivity contribution in [2.75, 3.05) is 5.84 Å². The van der Waals surface area contributed by atoms with E-state index in [-0.39, 0.29) is 16.8 Å². The Morgan fingerprint density at radius 1 is 1.08 bits per heavy atom. The Morgan fingerprint density at radius 3 is 2.16 bits per heavy atom. The lowest BCUT2D eigenvalue weighted by Crippen LogP contribution is -2.31. The van der Waals surface area contributed by atoms with Gasteiger partial charge in [0.25, 0.3) is 11.2 Å². The molecule has 0 bridgehead atoms. The monoisotopic (exact) mass is 368 g/mol. The van der Waals surface area contributed by atoms with Gasteiger partial charge in [-0.05, 0) is 12.1 Å². The molecule has 0 radical (unpaired) electrons. The molecule has 0 spiro atoms. The second-order valence-corrected chi connectivity index (χ2v) is 4.66. The summed E-state index contributed by atoms with van der Waals surface area (Å²) in [5.74, 6) is 4.25. The number of halogens is 6. The van der Waals surface area contributed by atoms with Gasteiger partial charge in [-0.3, -0.25) is 14.9 Å². The van der Waals surface area contributed by atoms with Crippen LogP contribution in [0.4, 0.5) is 32.0 Å². The van der Waals surface area contributed by atoms with Gasteiger partial charge in [0.2, 0.25) is 0 Å². The number of hydrogen-bond donors (Lipinski definition) is 1. The van der Waals surface area contributed by atoms with Crippen molar-refractivity contribution in [2.24, 2.45) is 0 Å². The Bertz CT molecular complexity index is 903. The number of nitrogen functional groups attached to an aromatic ring is 1. The minimum atomic E-state index is -5.07. The highest BCUT2D eigenvalue weighted by molar-refractivity contribution is 5.69. The third-order valence-electron chi connectivity index (χ3n) is 3.01. The minimum absolute atomic E-state index is 0.0550. The van der Waals surface area contributed by atoms with Crippen LogP contribution in [0.3, 0.4) is 0 Å². The summed E-state index contributed by atoms with van der Waals surface area (Å²) in [5, 5.41) is 11.0. The van der Waals surface area contributed by atoms with Gasteiger partial charge in [-0.1, -0.05) is 0 Å². The lowest BCUT2D eigenvalue weighted by Gasteiger charge is -2.12. The van der Waals surface area contributed by atoms with Crippen molar-refractivity contribution in [1.29, 1.82) is 0 Å². The fraction of sp³-hybridized carbons (Fsp3) is 0.167. The van der Waals surface area contributed by atoms with E-state index in [0.717, 1.165) is 0 Å². The van der Waals surface area contributed by atoms with Crippen LogP contribution in [-0.4, -0.2) is 14.6 Å². The largest absolute Gasteiger partial charge is 0.433 e. The maximum Gasteiger partial charge on any atom is 0.433 e. The van der Waals surface area contributed by atoms with Crippen molar-refractivity contribution in [2.45, 2.75) is 12.4 Å². The van der Waals surface area contributed by atoms with Gasteiger partial charge in [-0.2, -0.15) is 26.3 Å². The normalized spacial score (nSPS) is 12.2. The average molecular weight is 368 g/mol. The molecular formula is C12H6F6N4O3. The topological polar surface area (TPSA) is 104 Å². The van der Waals surface area contributed by atoms with E-state index in [4.69, 9.17) is 5.84 Å². The maximum atomic E-state index is 12.7. The molecule has 7 nitrogen and oxygen atoms in total. The van der Waals surface area contributed by atoms with E-state index < -0.39 is 51.2 Å². The zero-order chi connectivity index (χ0) is 19.2. The van der Waals surface area contributed by atoms with Crippen molar-refractivity contribution in [3.05, 3.63) is 56.0 Å². The van der Waals surface area contributed by atoms with Crippen LogP contribution in [0.5, 0.6) is 0 Å². The number of nitro groups is 1. The van der Waals surface area contributed by atoms with E-state index in [1.807, 2.05) is 0 Å². The van der Waals surface area contributed by atoms with E-state index in [1.165, 1.54) is 0 Å². The summed E-state index contributed by atoms with van der Waals surface area (Å²) < 4.78 is 76.3. The standard InChI is InChI=1S/C12H6F6N4O3/c13-11(14,15)5-1-2-6(7(3-5)22(24)25)10-20-8(12(16,17)18)4-9(23)21(10)19/h1-4H,19H2. The van der Waals surface area contributed by atoms with Crippen LogP contribution in [0.25, 0.3) is 11.4 Å². The van der Waals surface area contributed by atoms with Crippen LogP contribution < -0.4 is 11.4 Å². The van der Waals surface area contributed by atoms with Crippen molar-refractivity contribution >= 4 is 5.69 Å². The molecule has 2 aromatic rings. The SMILES string of the molecule is Nn1c(-c2ccc(C(F)(F)F)cc2[N+](=O)[O-])nc(C(F)(F)F)cc1=O. The number of nitrogens with two attached hydrogens (primary N) is 1. The lowest BCUT2D eigenvalue weighted by molar-refractivity contribution is -0.384. The molecular weight excluding hydrogens is 362 g/mol. The van der Waals surface area contributed by atoms with Crippen molar-refractivity contribution in [3.63, 3.8) is 0 Å². The summed E-state index contributed by atoms with van der Waals surface area (Å²) in [7, 11) is 0. The summed E-state index contributed by atoms with van der Waals surface area (Å²) >= 11 is 0. The third kappa shape index (κ3) is 3.54. The first-order chi connectivity index (χ1) is 11.3. The van der Waals surface area contributed by atoms with Gasteiger partial charge in [0, 0.05) is 12.1 Å². The predicted octanol–water partition coefficient (Wildman–Crippen LogP) is 2.57. The van der Waals surface area contributed by atoms with Gasteiger partial charge < -0.3 is 5.84 Å². The Kier molecular flexibility index (Phi) is 4.19. The van der Waals surface area contributed by atoms with Crippen LogP contribution in [0.1, 0.15) is 11.3 Å². The molecule has 0 amide bonds. The average Bonchev–Trinajstić information content (AvgIpc) is 2.47. The molecule has 25 heavy (non-hydrogen) atoms. The fourth-order valence-electron chi connectivity index (χ4n) is 1.87. The van der Waals surface area contributed by atoms with Crippen LogP contribution in [0, 0.1) is 10.1 Å². The molecule has 2 rings (SSSR count). The Balaban J connectivity index is 2.80. The van der Waals surface area contributed by atoms with E-state index >= 15 is 0 Å². The molecule has 1 aromatic carbocycles. The molecule has 2 N–H and O–H groups in total. The lowest BCUT2D eigenvalue weighted by atomic mass is 10.1. The van der Waals surface area contributed by atoms with E-state index in [0.29, 0.717) is 12.1 Å². The van der Waals surface area contributed by atoms with Crippen LogP contribution in [0.2, 0.25) is 0 Å². The van der Waals surface area contributed by atoms with Crippen LogP contribution in [0.15, 0.2) is 29.1 Å². The van der Waals surface area contributed by atoms with Gasteiger partial charge >= 0.3 is 12.4 Å². The third-order valence-corrected chi connectivity index (χ3v) is 3.01. The van der Waals surface area contributed by atoms with Crippen molar-refractivity contribution in [1.82, 2.24) is 9.66 Å². The van der Waals surface area contributed by atoms with E-state index in [9.17, 15) is 41.3 Å². The molecule has 0 aliphatic heterocycles. The fourth-order valence-corrected chi connectivity index (χ4v) is 1.87. The summed E-state index contributed by atoms with van der Waals surface area (Å²) in [6, 6.07) is 1.09. The number of nitro benzene ring substituents is 1. The zero-order valence-corrected chi connectivity index (χ0v) is 11.7. The van der Waals surface area contributed by atoms with Gasteiger partial charge in [0.1, 0.15) is 0 Å². The van der Waals surface area contributed by atoms with Gasteiger partial charge in [0.15, 0.2) is 11.5 Å². The Labute approximate surface area is 133 Å². The molecule has 134 valence electrons. The predicted molar refractivity (Wildman–Crippen MR) is 70.7 cm³/mol. The van der Waals surface area contributed by atoms with Gasteiger partial charge in [-0.15, -0.1) is 0 Å². The van der Waals surface area contributed by atoms with E-state index in [2.05, 4.69) is 4.98 Å². The molecule has 1 heterocycles. The number of aromatic nitrogens is 2. The highest BCUT2D eigenvalue weighted by Crippen LogP contribution is 2.36.